The van der Waals surface area contributed by atoms with Crippen molar-refractivity contribution in [1.29, 1.82) is 0 Å². The molecule has 0 fully saturated rings. The second-order valence-electron chi connectivity index (χ2n) is 2.43. The third-order valence-corrected chi connectivity index (χ3v) is 2.29. The zero-order valence-electron chi connectivity index (χ0n) is 6.48. The molecule has 2 atom stereocenters. The van der Waals surface area contributed by atoms with Crippen molar-refractivity contribution in [2.45, 2.75) is 26.0 Å². The van der Waals surface area contributed by atoms with Gasteiger partial charge in [-0.1, -0.05) is 0 Å². The maximum Gasteiger partial charge on any atom is 0.136 e. The molecule has 0 saturated heterocycles. The first-order valence-corrected chi connectivity index (χ1v) is 4.16. The van der Waals surface area contributed by atoms with Crippen LogP contribution in [-0.2, 0) is 0 Å². The van der Waals surface area contributed by atoms with Crippen molar-refractivity contribution in [2.24, 2.45) is 5.73 Å². The molecule has 1 rings (SSSR count). The van der Waals surface area contributed by atoms with Gasteiger partial charge in [0.25, 0.3) is 0 Å². The van der Waals surface area contributed by atoms with Crippen LogP contribution in [0.25, 0.3) is 0 Å². The van der Waals surface area contributed by atoms with E-state index in [0.29, 0.717) is 5.01 Å². The van der Waals surface area contributed by atoms with Gasteiger partial charge in [-0.3, -0.25) is 0 Å². The summed E-state index contributed by atoms with van der Waals surface area (Å²) in [5.41, 5.74) is 5.61. The Kier molecular flexibility index (Phi) is 2.53. The van der Waals surface area contributed by atoms with Crippen LogP contribution in [0.2, 0.25) is 0 Å². The minimum atomic E-state index is -0.567. The summed E-state index contributed by atoms with van der Waals surface area (Å²) in [5.74, 6) is 0. The molecule has 1 heterocycles. The Bertz CT molecular complexity index is 235. The van der Waals surface area contributed by atoms with Crippen molar-refractivity contribution in [2.75, 3.05) is 0 Å². The predicted molar refractivity (Wildman–Crippen MR) is 43.3 cm³/mol. The Hall–Kier alpha value is -0.520. The zero-order valence-corrected chi connectivity index (χ0v) is 7.30. The van der Waals surface area contributed by atoms with Gasteiger partial charge in [0.2, 0.25) is 0 Å². The van der Waals surface area contributed by atoms with Crippen LogP contribution < -0.4 is 5.73 Å². The van der Waals surface area contributed by atoms with E-state index in [1.807, 2.05) is 6.92 Å². The van der Waals surface area contributed by atoms with Gasteiger partial charge < -0.3 is 10.8 Å². The number of aliphatic hydroxyl groups is 1. The molecule has 0 bridgehead atoms. The van der Waals surface area contributed by atoms with E-state index in [9.17, 15) is 0 Å². The molecule has 0 saturated carbocycles. The zero-order chi connectivity index (χ0) is 8.43. The van der Waals surface area contributed by atoms with Gasteiger partial charge in [-0.15, -0.1) is 21.5 Å². The number of rotatable bonds is 2. The minimum Gasteiger partial charge on any atom is -0.391 e. The van der Waals surface area contributed by atoms with Crippen LogP contribution in [0.15, 0.2) is 0 Å². The smallest absolute Gasteiger partial charge is 0.136 e. The van der Waals surface area contributed by atoms with E-state index in [2.05, 4.69) is 10.2 Å². The first-order valence-electron chi connectivity index (χ1n) is 3.35. The van der Waals surface area contributed by atoms with Crippen LogP contribution in [0.1, 0.15) is 23.0 Å². The first kappa shape index (κ1) is 8.58. The normalized spacial score (nSPS) is 16.4. The number of aliphatic hydroxyl groups excluding tert-OH is 1. The molecular formula is C6H11N3OS. The summed E-state index contributed by atoms with van der Waals surface area (Å²) in [6.45, 7) is 3.50. The van der Waals surface area contributed by atoms with Crippen molar-refractivity contribution >= 4 is 11.3 Å². The molecule has 0 radical (unpaired) electrons. The predicted octanol–water partition coefficient (Wildman–Crippen LogP) is 0.227. The summed E-state index contributed by atoms with van der Waals surface area (Å²) in [7, 11) is 0. The van der Waals surface area contributed by atoms with Gasteiger partial charge in [0.05, 0.1) is 12.1 Å². The fourth-order valence-electron chi connectivity index (χ4n) is 0.653. The highest BCUT2D eigenvalue weighted by atomic mass is 32.1. The average Bonchev–Trinajstić information content (AvgIpc) is 2.34. The standard InChI is InChI=1S/C6H11N3OS/c1-3(10)5(7)6-9-8-4(2)11-6/h3,5,10H,7H2,1-2H3. The summed E-state index contributed by atoms with van der Waals surface area (Å²) >= 11 is 1.42. The molecule has 1 aromatic heterocycles. The highest BCUT2D eigenvalue weighted by Crippen LogP contribution is 2.17. The van der Waals surface area contributed by atoms with E-state index >= 15 is 0 Å². The summed E-state index contributed by atoms with van der Waals surface area (Å²) in [6.07, 6.45) is -0.567. The molecular weight excluding hydrogens is 162 g/mol. The fraction of sp³-hybridized carbons (Fsp3) is 0.667. The first-order chi connectivity index (χ1) is 5.11. The third kappa shape index (κ3) is 1.95. The Labute approximate surface area is 69.1 Å². The van der Waals surface area contributed by atoms with Crippen molar-refractivity contribution < 1.29 is 5.11 Å². The summed E-state index contributed by atoms with van der Waals surface area (Å²) in [6, 6.07) is -0.402. The van der Waals surface area contributed by atoms with E-state index in [1.54, 1.807) is 6.92 Å². The molecule has 11 heavy (non-hydrogen) atoms. The van der Waals surface area contributed by atoms with Gasteiger partial charge in [0.1, 0.15) is 10.0 Å². The van der Waals surface area contributed by atoms with Crippen molar-refractivity contribution in [3.8, 4) is 0 Å². The summed E-state index contributed by atoms with van der Waals surface area (Å²) < 4.78 is 0. The average molecular weight is 173 g/mol. The fourth-order valence-corrected chi connectivity index (χ4v) is 1.45. The molecule has 0 aliphatic heterocycles. The monoisotopic (exact) mass is 173 g/mol. The van der Waals surface area contributed by atoms with Gasteiger partial charge in [-0.05, 0) is 13.8 Å². The Morgan fingerprint density at radius 2 is 2.18 bits per heavy atom. The molecule has 62 valence electrons. The Morgan fingerprint density at radius 1 is 1.55 bits per heavy atom. The maximum atomic E-state index is 9.10. The van der Waals surface area contributed by atoms with E-state index in [4.69, 9.17) is 10.8 Å². The van der Waals surface area contributed by atoms with Crippen LogP contribution in [0.3, 0.4) is 0 Å². The molecule has 0 amide bonds. The van der Waals surface area contributed by atoms with Gasteiger partial charge >= 0.3 is 0 Å². The van der Waals surface area contributed by atoms with E-state index in [-0.39, 0.29) is 0 Å². The highest BCUT2D eigenvalue weighted by Gasteiger charge is 2.15. The van der Waals surface area contributed by atoms with E-state index in [0.717, 1.165) is 5.01 Å². The lowest BCUT2D eigenvalue weighted by molar-refractivity contribution is 0.164. The topological polar surface area (TPSA) is 72.0 Å². The number of aromatic nitrogens is 2. The van der Waals surface area contributed by atoms with Crippen LogP contribution in [-0.4, -0.2) is 21.4 Å². The van der Waals surface area contributed by atoms with Gasteiger partial charge in [0, 0.05) is 0 Å². The third-order valence-electron chi connectivity index (χ3n) is 1.35. The van der Waals surface area contributed by atoms with Crippen LogP contribution in [0, 0.1) is 6.92 Å². The Balaban J connectivity index is 2.76. The molecule has 5 heteroatoms. The second kappa shape index (κ2) is 3.25. The van der Waals surface area contributed by atoms with Gasteiger partial charge in [0.15, 0.2) is 0 Å². The lowest BCUT2D eigenvalue weighted by Crippen LogP contribution is -2.22. The van der Waals surface area contributed by atoms with Crippen molar-refractivity contribution in [1.82, 2.24) is 10.2 Å². The second-order valence-corrected chi connectivity index (χ2v) is 3.64. The lowest BCUT2D eigenvalue weighted by atomic mass is 10.2. The summed E-state index contributed by atoms with van der Waals surface area (Å²) in [4.78, 5) is 0. The molecule has 0 aliphatic rings. The van der Waals surface area contributed by atoms with Crippen LogP contribution in [0.5, 0.6) is 0 Å². The molecule has 2 unspecified atom stereocenters. The quantitative estimate of drug-likeness (QED) is 0.671. The Morgan fingerprint density at radius 3 is 2.55 bits per heavy atom. The van der Waals surface area contributed by atoms with Crippen molar-refractivity contribution in [3.63, 3.8) is 0 Å². The minimum absolute atomic E-state index is 0.402. The molecule has 1 aromatic rings. The molecule has 3 N–H and O–H groups in total. The highest BCUT2D eigenvalue weighted by molar-refractivity contribution is 7.11. The number of nitrogens with zero attached hydrogens (tertiary/aromatic N) is 2. The summed E-state index contributed by atoms with van der Waals surface area (Å²) in [5, 5.41) is 18.3. The molecule has 0 aliphatic carbocycles. The van der Waals surface area contributed by atoms with Crippen molar-refractivity contribution in [3.05, 3.63) is 10.0 Å². The van der Waals surface area contributed by atoms with Gasteiger partial charge in [-0.2, -0.15) is 0 Å². The number of hydrogen-bond acceptors (Lipinski definition) is 5. The molecule has 0 spiro atoms. The largest absolute Gasteiger partial charge is 0.391 e. The van der Waals surface area contributed by atoms with Gasteiger partial charge in [-0.25, -0.2) is 0 Å². The van der Waals surface area contributed by atoms with E-state index in [1.165, 1.54) is 11.3 Å². The van der Waals surface area contributed by atoms with Crippen LogP contribution in [0.4, 0.5) is 0 Å². The molecule has 4 nitrogen and oxygen atoms in total. The maximum absolute atomic E-state index is 9.10. The van der Waals surface area contributed by atoms with E-state index < -0.39 is 12.1 Å². The number of hydrogen-bond donors (Lipinski definition) is 2. The molecule has 0 aromatic carbocycles. The number of aryl methyl sites for hydroxylation is 1. The van der Waals surface area contributed by atoms with Crippen LogP contribution >= 0.6 is 11.3 Å². The number of nitrogens with two attached hydrogens (primary N) is 1. The lowest BCUT2D eigenvalue weighted by Gasteiger charge is -2.09. The SMILES string of the molecule is Cc1nnc(C(N)C(C)O)s1.